The summed E-state index contributed by atoms with van der Waals surface area (Å²) >= 11 is 0. The Morgan fingerprint density at radius 3 is 1.64 bits per heavy atom. The summed E-state index contributed by atoms with van der Waals surface area (Å²) in [5, 5.41) is 2.99. The lowest BCUT2D eigenvalue weighted by Crippen LogP contribution is -2.10. The second-order valence-corrected chi connectivity index (χ2v) is 10.4. The van der Waals surface area contributed by atoms with E-state index in [9.17, 15) is 8.22 Å². The van der Waals surface area contributed by atoms with Crippen LogP contribution in [-0.2, 0) is 0 Å². The first kappa shape index (κ1) is 16.2. The summed E-state index contributed by atoms with van der Waals surface area (Å²) in [7, 11) is 0. The molecule has 1 heteroatoms. The molecule has 212 valence electrons. The standard InChI is InChI=1S/C44H31N/c1-3-12-32(13-4-1)33-22-27-38(28-23-33)45(43-21-11-18-34-14-7-9-19-40(34)43)39-29-24-36(25-30-39)42-31-26-35-15-8-10-20-41(35)44(42)37-16-5-2-6-17-37/h1-31H/i1D,3D,4D,12D,13D,22D,23D,24D,25D,27D,28D,29D,30D. The molecule has 0 heterocycles. The smallest absolute Gasteiger partial charge is 0.0645 e. The van der Waals surface area contributed by atoms with E-state index in [4.69, 9.17) is 9.60 Å². The summed E-state index contributed by atoms with van der Waals surface area (Å²) < 4.78 is 117. The van der Waals surface area contributed by atoms with Gasteiger partial charge in [-0.2, -0.15) is 0 Å². The van der Waals surface area contributed by atoms with Gasteiger partial charge in [-0.25, -0.2) is 0 Å². The first-order chi connectivity index (χ1) is 27.8. The molecule has 0 N–H and O–H groups in total. The van der Waals surface area contributed by atoms with Gasteiger partial charge >= 0.3 is 0 Å². The van der Waals surface area contributed by atoms with Crippen molar-refractivity contribution in [2.45, 2.75) is 0 Å². The van der Waals surface area contributed by atoms with E-state index in [1.165, 1.54) is 4.90 Å². The SMILES string of the molecule is [2H]c1c([2H])c([2H])c(-c2c([2H])c([2H])c(N(c3c([2H])c([2H])c(-c4ccc5ccccc5c4-c4ccccc4)c([2H])c3[2H])c3cccc4ccccc34)c([2H])c2[2H])c([2H])c1[2H]. The number of nitrogens with zero attached hydrogens (tertiary/aromatic N) is 1. The van der Waals surface area contributed by atoms with Crippen molar-refractivity contribution in [3.63, 3.8) is 0 Å². The lowest BCUT2D eigenvalue weighted by Gasteiger charge is -2.27. The molecule has 0 radical (unpaired) electrons. The van der Waals surface area contributed by atoms with Gasteiger partial charge in [0.15, 0.2) is 0 Å². The maximum atomic E-state index is 9.59. The molecule has 8 aromatic rings. The van der Waals surface area contributed by atoms with Crippen LogP contribution in [0.3, 0.4) is 0 Å². The van der Waals surface area contributed by atoms with E-state index in [-0.39, 0.29) is 16.9 Å². The Balaban J connectivity index is 1.46. The minimum absolute atomic E-state index is 0.0253. The van der Waals surface area contributed by atoms with E-state index >= 15 is 0 Å². The minimum atomic E-state index is -0.727. The van der Waals surface area contributed by atoms with Crippen LogP contribution < -0.4 is 4.90 Å². The lowest BCUT2D eigenvalue weighted by atomic mass is 9.90. The predicted octanol–water partition coefficient (Wildman–Crippen LogP) is 12.5. The highest BCUT2D eigenvalue weighted by atomic mass is 15.1. The number of hydrogen-bond acceptors (Lipinski definition) is 1. The van der Waals surface area contributed by atoms with Gasteiger partial charge in [0.25, 0.3) is 0 Å². The molecule has 45 heavy (non-hydrogen) atoms. The zero-order valence-electron chi connectivity index (χ0n) is 36.8. The summed E-state index contributed by atoms with van der Waals surface area (Å²) in [6, 6.07) is 24.8. The maximum Gasteiger partial charge on any atom is 0.0645 e. The Morgan fingerprint density at radius 1 is 0.378 bits per heavy atom. The molecular weight excluding hydrogens is 542 g/mol. The topological polar surface area (TPSA) is 3.24 Å². The van der Waals surface area contributed by atoms with Gasteiger partial charge in [-0.15, -0.1) is 0 Å². The normalized spacial score (nSPS) is 15.2. The van der Waals surface area contributed by atoms with Crippen molar-refractivity contribution in [3.05, 3.63) is 188 Å². The highest BCUT2D eigenvalue weighted by Gasteiger charge is 2.17. The van der Waals surface area contributed by atoms with Gasteiger partial charge in [-0.3, -0.25) is 0 Å². The van der Waals surface area contributed by atoms with Crippen molar-refractivity contribution in [1.29, 1.82) is 0 Å². The lowest BCUT2D eigenvalue weighted by molar-refractivity contribution is 1.30. The van der Waals surface area contributed by atoms with Crippen molar-refractivity contribution in [2.75, 3.05) is 4.90 Å². The van der Waals surface area contributed by atoms with Crippen LogP contribution in [0.4, 0.5) is 17.1 Å². The fourth-order valence-electron chi connectivity index (χ4n) is 5.62. The van der Waals surface area contributed by atoms with Gasteiger partial charge in [0.1, 0.15) is 0 Å². The fraction of sp³-hybridized carbons (Fsp3) is 0. The van der Waals surface area contributed by atoms with Crippen LogP contribution >= 0.6 is 0 Å². The minimum Gasteiger partial charge on any atom is -0.310 e. The number of fused-ring (bicyclic) bond motifs is 2. The van der Waals surface area contributed by atoms with Gasteiger partial charge in [-0.1, -0.05) is 158 Å². The third-order valence-electron chi connectivity index (χ3n) is 7.69. The van der Waals surface area contributed by atoms with Gasteiger partial charge in [-0.05, 0) is 79.8 Å². The van der Waals surface area contributed by atoms with Crippen LogP contribution in [0, 0.1) is 0 Å². The maximum absolute atomic E-state index is 9.59. The van der Waals surface area contributed by atoms with Crippen LogP contribution in [0.1, 0.15) is 17.8 Å². The second-order valence-electron chi connectivity index (χ2n) is 10.4. The second kappa shape index (κ2) is 11.6. The molecule has 8 aromatic carbocycles. The molecule has 0 bridgehead atoms. The molecular formula is C44H31N. The van der Waals surface area contributed by atoms with Crippen molar-refractivity contribution < 1.29 is 17.8 Å². The summed E-state index contributed by atoms with van der Waals surface area (Å²) in [5.41, 5.74) is 0.433. The zero-order valence-corrected chi connectivity index (χ0v) is 23.8. The van der Waals surface area contributed by atoms with E-state index in [1.54, 1.807) is 36.4 Å². The van der Waals surface area contributed by atoms with Crippen LogP contribution in [0.15, 0.2) is 188 Å². The molecule has 0 amide bonds. The quantitative estimate of drug-likeness (QED) is 0.187. The zero-order chi connectivity index (χ0) is 41.3. The first-order valence-corrected chi connectivity index (χ1v) is 14.4. The summed E-state index contributed by atoms with van der Waals surface area (Å²) in [4.78, 5) is 1.21. The van der Waals surface area contributed by atoms with Crippen LogP contribution in [0.2, 0.25) is 0 Å². The predicted molar refractivity (Wildman–Crippen MR) is 192 cm³/mol. The number of anilines is 3. The average molecular weight is 587 g/mol. The molecule has 0 saturated heterocycles. The number of hydrogen-bond donors (Lipinski definition) is 0. The van der Waals surface area contributed by atoms with E-state index < -0.39 is 95.4 Å². The molecule has 0 saturated carbocycles. The molecule has 0 atom stereocenters. The van der Waals surface area contributed by atoms with E-state index in [2.05, 4.69) is 0 Å². The van der Waals surface area contributed by atoms with Gasteiger partial charge in [0.2, 0.25) is 0 Å². The number of rotatable bonds is 6. The van der Waals surface area contributed by atoms with Crippen molar-refractivity contribution in [3.8, 4) is 33.4 Å². The van der Waals surface area contributed by atoms with E-state index in [0.717, 1.165) is 16.3 Å². The Bertz CT molecular complexity index is 2910. The van der Waals surface area contributed by atoms with Crippen LogP contribution in [0.5, 0.6) is 0 Å². The highest BCUT2D eigenvalue weighted by Crippen LogP contribution is 2.42. The van der Waals surface area contributed by atoms with Crippen molar-refractivity contribution >= 4 is 38.6 Å². The molecule has 0 spiro atoms. The van der Waals surface area contributed by atoms with Crippen LogP contribution in [0.25, 0.3) is 54.9 Å². The largest absolute Gasteiger partial charge is 0.310 e. The summed E-state index contributed by atoms with van der Waals surface area (Å²) in [6.07, 6.45) is 0. The molecule has 8 rings (SSSR count). The average Bonchev–Trinajstić information content (AvgIpc) is 3.24. The Morgan fingerprint density at radius 2 is 0.933 bits per heavy atom. The Kier molecular flexibility index (Phi) is 4.20. The molecule has 0 aliphatic heterocycles. The van der Waals surface area contributed by atoms with E-state index in [1.807, 2.05) is 72.8 Å². The van der Waals surface area contributed by atoms with E-state index in [0.29, 0.717) is 21.9 Å². The third-order valence-corrected chi connectivity index (χ3v) is 7.69. The van der Waals surface area contributed by atoms with Gasteiger partial charge < -0.3 is 4.90 Å². The van der Waals surface area contributed by atoms with Gasteiger partial charge in [0, 0.05) is 16.8 Å². The molecule has 0 aromatic heterocycles. The Hall–Kier alpha value is -5.92. The van der Waals surface area contributed by atoms with Crippen molar-refractivity contribution in [2.24, 2.45) is 0 Å². The van der Waals surface area contributed by atoms with Gasteiger partial charge in [0.05, 0.1) is 23.5 Å². The third kappa shape index (κ3) is 5.05. The Labute approximate surface area is 282 Å². The summed E-state index contributed by atoms with van der Waals surface area (Å²) in [6.45, 7) is 0. The molecule has 1 nitrogen and oxygen atoms in total. The molecule has 0 unspecified atom stereocenters. The van der Waals surface area contributed by atoms with Crippen LogP contribution in [-0.4, -0.2) is 0 Å². The fourth-order valence-corrected chi connectivity index (χ4v) is 5.62. The monoisotopic (exact) mass is 586 g/mol. The summed E-state index contributed by atoms with van der Waals surface area (Å²) in [5.74, 6) is 0. The number of benzene rings is 8. The molecule has 0 aliphatic carbocycles. The van der Waals surface area contributed by atoms with Crippen molar-refractivity contribution in [1.82, 2.24) is 0 Å². The molecule has 0 aliphatic rings. The molecule has 0 fully saturated rings. The first-order valence-electron chi connectivity index (χ1n) is 20.9. The highest BCUT2D eigenvalue weighted by molar-refractivity contribution is 6.04.